The van der Waals surface area contributed by atoms with E-state index in [1.165, 1.54) is 0 Å². The number of sulfone groups is 1. The van der Waals surface area contributed by atoms with Gasteiger partial charge in [0.15, 0.2) is 27.3 Å². The molecule has 7 nitrogen and oxygen atoms in total. The molecule has 3 rings (SSSR count). The molecule has 1 aromatic carbocycles. The quantitative estimate of drug-likeness (QED) is 0.391. The van der Waals surface area contributed by atoms with Gasteiger partial charge in [-0.1, -0.05) is 6.07 Å². The van der Waals surface area contributed by atoms with E-state index in [1.54, 1.807) is 20.9 Å². The molecule has 0 radical (unpaired) electrons. The van der Waals surface area contributed by atoms with Gasteiger partial charge in [0, 0.05) is 26.7 Å². The predicted molar refractivity (Wildman–Crippen MR) is 112 cm³/mol. The van der Waals surface area contributed by atoms with Crippen LogP contribution < -0.4 is 14.8 Å². The summed E-state index contributed by atoms with van der Waals surface area (Å²) in [6, 6.07) is 5.93. The Morgan fingerprint density at radius 1 is 1.31 bits per heavy atom. The van der Waals surface area contributed by atoms with Crippen molar-refractivity contribution in [1.82, 2.24) is 10.2 Å². The standard InChI is InChI=1S/C17H25N3O4S.HI/c1-17(2)11-20(8-9-25(17,21)22)16(18-3)19-7-6-13-4-5-14-15(10-13)24-12-23-14;/h4-5,10H,6-9,11-12H2,1-3H3,(H,18,19);1H. The molecule has 2 heterocycles. The molecule has 26 heavy (non-hydrogen) atoms. The van der Waals surface area contributed by atoms with Crippen LogP contribution in [-0.2, 0) is 16.3 Å². The number of aliphatic imine (C=N–C) groups is 1. The van der Waals surface area contributed by atoms with Crippen molar-refractivity contribution < 1.29 is 17.9 Å². The van der Waals surface area contributed by atoms with Crippen LogP contribution in [-0.4, -0.2) is 63.3 Å². The minimum Gasteiger partial charge on any atom is -0.454 e. The Bertz CT molecular complexity index is 780. The van der Waals surface area contributed by atoms with Gasteiger partial charge in [-0.3, -0.25) is 4.99 Å². The monoisotopic (exact) mass is 495 g/mol. The fourth-order valence-electron chi connectivity index (χ4n) is 3.07. The van der Waals surface area contributed by atoms with Gasteiger partial charge in [-0.05, 0) is 38.0 Å². The molecular weight excluding hydrogens is 469 g/mol. The first kappa shape index (κ1) is 21.1. The molecule has 1 aromatic rings. The molecule has 2 aliphatic heterocycles. The van der Waals surface area contributed by atoms with Crippen LogP contribution >= 0.6 is 24.0 Å². The maximum absolute atomic E-state index is 12.1. The normalized spacial score (nSPS) is 20.4. The summed E-state index contributed by atoms with van der Waals surface area (Å²) in [7, 11) is -1.33. The fraction of sp³-hybridized carbons (Fsp3) is 0.588. The maximum atomic E-state index is 12.1. The van der Waals surface area contributed by atoms with E-state index in [4.69, 9.17) is 9.47 Å². The van der Waals surface area contributed by atoms with Crippen molar-refractivity contribution in [1.29, 1.82) is 0 Å². The average molecular weight is 495 g/mol. The molecule has 0 aromatic heterocycles. The molecule has 0 atom stereocenters. The van der Waals surface area contributed by atoms with Gasteiger partial charge in [0.25, 0.3) is 0 Å². The van der Waals surface area contributed by atoms with E-state index in [-0.39, 0.29) is 36.5 Å². The summed E-state index contributed by atoms with van der Waals surface area (Å²) in [5.74, 6) is 2.46. The summed E-state index contributed by atoms with van der Waals surface area (Å²) in [4.78, 5) is 6.32. The second-order valence-electron chi connectivity index (χ2n) is 6.91. The first-order valence-electron chi connectivity index (χ1n) is 8.39. The lowest BCUT2D eigenvalue weighted by Gasteiger charge is -2.39. The van der Waals surface area contributed by atoms with Crippen molar-refractivity contribution in [2.75, 3.05) is 39.2 Å². The minimum atomic E-state index is -3.06. The second-order valence-corrected chi connectivity index (χ2v) is 9.65. The molecule has 146 valence electrons. The third-order valence-electron chi connectivity index (χ3n) is 4.69. The molecule has 0 aliphatic carbocycles. The fourth-order valence-corrected chi connectivity index (χ4v) is 4.44. The Labute approximate surface area is 172 Å². The molecular formula is C17H26IN3O4S. The number of nitrogens with one attached hydrogen (secondary N) is 1. The number of hydrogen-bond acceptors (Lipinski definition) is 5. The number of nitrogens with zero attached hydrogens (tertiary/aromatic N) is 2. The van der Waals surface area contributed by atoms with Gasteiger partial charge in [-0.15, -0.1) is 24.0 Å². The number of hydrogen-bond donors (Lipinski definition) is 1. The number of guanidine groups is 1. The second kappa shape index (κ2) is 8.20. The van der Waals surface area contributed by atoms with E-state index in [0.29, 0.717) is 19.6 Å². The van der Waals surface area contributed by atoms with Crippen molar-refractivity contribution in [2.45, 2.75) is 25.0 Å². The zero-order valence-electron chi connectivity index (χ0n) is 15.3. The van der Waals surface area contributed by atoms with Gasteiger partial charge in [-0.2, -0.15) is 0 Å². The Hall–Kier alpha value is -1.23. The summed E-state index contributed by atoms with van der Waals surface area (Å²) < 4.78 is 34.2. The highest BCUT2D eigenvalue weighted by molar-refractivity contribution is 14.0. The number of rotatable bonds is 3. The molecule has 0 spiro atoms. The van der Waals surface area contributed by atoms with E-state index in [2.05, 4.69) is 10.3 Å². The lowest BCUT2D eigenvalue weighted by molar-refractivity contribution is 0.174. The number of ether oxygens (including phenoxy) is 2. The Morgan fingerprint density at radius 3 is 2.73 bits per heavy atom. The highest BCUT2D eigenvalue weighted by Crippen LogP contribution is 2.32. The van der Waals surface area contributed by atoms with Gasteiger partial charge >= 0.3 is 0 Å². The predicted octanol–water partition coefficient (Wildman–Crippen LogP) is 1.66. The highest BCUT2D eigenvalue weighted by atomic mass is 127. The number of halogens is 1. The largest absolute Gasteiger partial charge is 0.454 e. The van der Waals surface area contributed by atoms with Crippen LogP contribution in [0.4, 0.5) is 0 Å². The molecule has 9 heteroatoms. The average Bonchev–Trinajstić information content (AvgIpc) is 3.02. The van der Waals surface area contributed by atoms with E-state index in [0.717, 1.165) is 29.4 Å². The highest BCUT2D eigenvalue weighted by Gasteiger charge is 2.40. The van der Waals surface area contributed by atoms with Gasteiger partial charge < -0.3 is 19.7 Å². The van der Waals surface area contributed by atoms with Crippen molar-refractivity contribution in [2.24, 2.45) is 4.99 Å². The van der Waals surface area contributed by atoms with Crippen molar-refractivity contribution in [3.05, 3.63) is 23.8 Å². The summed E-state index contributed by atoms with van der Waals surface area (Å²) in [5, 5.41) is 3.33. The molecule has 1 fully saturated rings. The van der Waals surface area contributed by atoms with Gasteiger partial charge in [0.2, 0.25) is 6.79 Å². The summed E-state index contributed by atoms with van der Waals surface area (Å²) in [6.45, 7) is 5.44. The molecule has 0 saturated carbocycles. The number of fused-ring (bicyclic) bond motifs is 1. The summed E-state index contributed by atoms with van der Waals surface area (Å²) in [5.41, 5.74) is 1.15. The van der Waals surface area contributed by atoms with Crippen LogP contribution in [0.15, 0.2) is 23.2 Å². The van der Waals surface area contributed by atoms with Crippen molar-refractivity contribution in [3.8, 4) is 11.5 Å². The van der Waals surface area contributed by atoms with Gasteiger partial charge in [0.05, 0.1) is 10.5 Å². The molecule has 2 aliphatic rings. The van der Waals surface area contributed by atoms with Crippen LogP contribution in [0.25, 0.3) is 0 Å². The Morgan fingerprint density at radius 2 is 2.04 bits per heavy atom. The SMILES string of the molecule is CN=C(NCCc1ccc2c(c1)OCO2)N1CCS(=O)(=O)C(C)(C)C1.I. The molecule has 0 bridgehead atoms. The summed E-state index contributed by atoms with van der Waals surface area (Å²) >= 11 is 0. The smallest absolute Gasteiger partial charge is 0.231 e. The lowest BCUT2D eigenvalue weighted by Crippen LogP contribution is -2.57. The molecule has 1 saturated heterocycles. The minimum absolute atomic E-state index is 0. The summed E-state index contributed by atoms with van der Waals surface area (Å²) in [6.07, 6.45) is 0.811. The topological polar surface area (TPSA) is 80.2 Å². The third kappa shape index (κ3) is 4.36. The van der Waals surface area contributed by atoms with Crippen LogP contribution in [0.3, 0.4) is 0 Å². The molecule has 0 unspecified atom stereocenters. The molecule has 0 amide bonds. The zero-order chi connectivity index (χ0) is 18.1. The zero-order valence-corrected chi connectivity index (χ0v) is 18.5. The van der Waals surface area contributed by atoms with Gasteiger partial charge in [0.1, 0.15) is 0 Å². The third-order valence-corrected chi connectivity index (χ3v) is 7.22. The maximum Gasteiger partial charge on any atom is 0.231 e. The van der Waals surface area contributed by atoms with E-state index < -0.39 is 14.6 Å². The number of benzene rings is 1. The van der Waals surface area contributed by atoms with E-state index in [1.807, 2.05) is 23.1 Å². The van der Waals surface area contributed by atoms with Crippen LogP contribution in [0.5, 0.6) is 11.5 Å². The Kier molecular flexibility index (Phi) is 6.65. The van der Waals surface area contributed by atoms with Crippen LogP contribution in [0.1, 0.15) is 19.4 Å². The van der Waals surface area contributed by atoms with Gasteiger partial charge in [-0.25, -0.2) is 8.42 Å². The first-order valence-corrected chi connectivity index (χ1v) is 10.0. The van der Waals surface area contributed by atoms with E-state index >= 15 is 0 Å². The van der Waals surface area contributed by atoms with Crippen molar-refractivity contribution in [3.63, 3.8) is 0 Å². The molecule has 1 N–H and O–H groups in total. The van der Waals surface area contributed by atoms with E-state index in [9.17, 15) is 8.42 Å². The Balaban J connectivity index is 0.00000243. The first-order chi connectivity index (χ1) is 11.8. The van der Waals surface area contributed by atoms with Crippen molar-refractivity contribution >= 4 is 39.8 Å². The lowest BCUT2D eigenvalue weighted by atomic mass is 10.1. The van der Waals surface area contributed by atoms with Crippen LogP contribution in [0.2, 0.25) is 0 Å². The van der Waals surface area contributed by atoms with Crippen LogP contribution in [0, 0.1) is 0 Å².